The lowest BCUT2D eigenvalue weighted by atomic mass is 10.2. The molecule has 3 rings (SSSR count). The van der Waals surface area contributed by atoms with Gasteiger partial charge in [0.25, 0.3) is 0 Å². The van der Waals surface area contributed by atoms with Gasteiger partial charge in [-0.3, -0.25) is 24.2 Å². The van der Waals surface area contributed by atoms with Crippen molar-refractivity contribution in [2.24, 2.45) is 5.73 Å². The summed E-state index contributed by atoms with van der Waals surface area (Å²) in [4.78, 5) is 44.7. The van der Waals surface area contributed by atoms with Gasteiger partial charge in [-0.05, 0) is 12.1 Å². The SMILES string of the molecule is COc1ccccc1N(CCC(N)=O)C(=O)CN1CCN(C(=O)CN2CCOCC2)CC1. The summed E-state index contributed by atoms with van der Waals surface area (Å²) in [5, 5.41) is 0. The van der Waals surface area contributed by atoms with Gasteiger partial charge >= 0.3 is 0 Å². The fraction of sp³-hybridized carbons (Fsp3) is 0.591. The predicted octanol–water partition coefficient (Wildman–Crippen LogP) is -0.620. The van der Waals surface area contributed by atoms with Crippen LogP contribution in [0.1, 0.15) is 6.42 Å². The van der Waals surface area contributed by atoms with Crippen LogP contribution in [0.4, 0.5) is 5.69 Å². The molecule has 2 fully saturated rings. The maximum Gasteiger partial charge on any atom is 0.241 e. The van der Waals surface area contributed by atoms with Gasteiger partial charge in [0, 0.05) is 52.2 Å². The Bertz CT molecular complexity index is 791. The van der Waals surface area contributed by atoms with Crippen LogP contribution in [0, 0.1) is 0 Å². The molecule has 1 aromatic carbocycles. The second-order valence-electron chi connectivity index (χ2n) is 7.98. The molecule has 0 aromatic heterocycles. The molecule has 0 bridgehead atoms. The normalized spacial score (nSPS) is 17.7. The summed E-state index contributed by atoms with van der Waals surface area (Å²) in [6.45, 7) is 6.12. The second kappa shape index (κ2) is 11.8. The molecule has 2 aliphatic rings. The van der Waals surface area contributed by atoms with E-state index in [1.807, 2.05) is 21.9 Å². The van der Waals surface area contributed by atoms with Crippen LogP contribution in [0.15, 0.2) is 24.3 Å². The monoisotopic (exact) mass is 447 g/mol. The summed E-state index contributed by atoms with van der Waals surface area (Å²) in [6.07, 6.45) is 0.0631. The number of para-hydroxylation sites is 2. The number of hydrogen-bond acceptors (Lipinski definition) is 7. The smallest absolute Gasteiger partial charge is 0.241 e. The number of rotatable bonds is 9. The van der Waals surface area contributed by atoms with E-state index >= 15 is 0 Å². The first-order valence-electron chi connectivity index (χ1n) is 11.0. The number of piperazine rings is 1. The molecule has 0 unspecified atom stereocenters. The molecular formula is C22H33N5O5. The quantitative estimate of drug-likeness (QED) is 0.537. The standard InChI is InChI=1S/C22H33N5O5/c1-31-19-5-3-2-4-18(19)27(7-6-20(23)28)22(30)17-24-8-10-26(11-9-24)21(29)16-25-12-14-32-15-13-25/h2-5H,6-17H2,1H3,(H2,23,28). The molecule has 0 radical (unpaired) electrons. The summed E-state index contributed by atoms with van der Waals surface area (Å²) in [5.74, 6) is 0.0766. The Morgan fingerprint density at radius 3 is 2.31 bits per heavy atom. The Labute approximate surface area is 188 Å². The van der Waals surface area contributed by atoms with Gasteiger partial charge in [0.05, 0.1) is 39.1 Å². The first-order chi connectivity index (χ1) is 15.5. The Morgan fingerprint density at radius 2 is 1.66 bits per heavy atom. The molecule has 2 aliphatic heterocycles. The van der Waals surface area contributed by atoms with Crippen LogP contribution in [0.25, 0.3) is 0 Å². The average Bonchev–Trinajstić information content (AvgIpc) is 2.80. The van der Waals surface area contributed by atoms with E-state index in [0.29, 0.717) is 57.4 Å². The summed E-state index contributed by atoms with van der Waals surface area (Å²) < 4.78 is 10.7. The zero-order chi connectivity index (χ0) is 22.9. The number of primary amides is 1. The number of nitrogens with two attached hydrogens (primary N) is 1. The fourth-order valence-electron chi connectivity index (χ4n) is 3.94. The number of anilines is 1. The second-order valence-corrected chi connectivity index (χ2v) is 7.98. The molecule has 10 heteroatoms. The van der Waals surface area contributed by atoms with Crippen molar-refractivity contribution >= 4 is 23.4 Å². The van der Waals surface area contributed by atoms with E-state index in [2.05, 4.69) is 4.90 Å². The summed E-state index contributed by atoms with van der Waals surface area (Å²) in [6, 6.07) is 7.21. The molecule has 1 aromatic rings. The van der Waals surface area contributed by atoms with Crippen LogP contribution in [-0.4, -0.2) is 112 Å². The van der Waals surface area contributed by atoms with Crippen LogP contribution < -0.4 is 15.4 Å². The Kier molecular flexibility index (Phi) is 8.83. The van der Waals surface area contributed by atoms with Gasteiger partial charge in [0.1, 0.15) is 5.75 Å². The predicted molar refractivity (Wildman–Crippen MR) is 119 cm³/mol. The number of methoxy groups -OCH3 is 1. The third-order valence-corrected chi connectivity index (χ3v) is 5.81. The summed E-state index contributed by atoms with van der Waals surface area (Å²) in [5.41, 5.74) is 5.93. The highest BCUT2D eigenvalue weighted by Gasteiger charge is 2.27. The van der Waals surface area contributed by atoms with E-state index in [0.717, 1.165) is 13.1 Å². The van der Waals surface area contributed by atoms with Crippen molar-refractivity contribution in [2.45, 2.75) is 6.42 Å². The lowest BCUT2D eigenvalue weighted by Gasteiger charge is -2.36. The molecule has 10 nitrogen and oxygen atoms in total. The summed E-state index contributed by atoms with van der Waals surface area (Å²) in [7, 11) is 1.54. The van der Waals surface area contributed by atoms with Crippen molar-refractivity contribution in [3.05, 3.63) is 24.3 Å². The maximum atomic E-state index is 13.1. The minimum absolute atomic E-state index is 0.0631. The number of carbonyl (C=O) groups excluding carboxylic acids is 3. The van der Waals surface area contributed by atoms with Crippen LogP contribution in [0.3, 0.4) is 0 Å². The molecule has 176 valence electrons. The van der Waals surface area contributed by atoms with Crippen molar-refractivity contribution in [1.82, 2.24) is 14.7 Å². The Balaban J connectivity index is 1.55. The van der Waals surface area contributed by atoms with Gasteiger partial charge in [-0.1, -0.05) is 12.1 Å². The van der Waals surface area contributed by atoms with Gasteiger partial charge in [-0.2, -0.15) is 0 Å². The van der Waals surface area contributed by atoms with E-state index in [1.54, 1.807) is 24.1 Å². The van der Waals surface area contributed by atoms with Crippen LogP contribution in [-0.2, 0) is 19.1 Å². The van der Waals surface area contributed by atoms with Crippen LogP contribution in [0.5, 0.6) is 5.75 Å². The number of hydrogen-bond donors (Lipinski definition) is 1. The number of benzene rings is 1. The molecule has 3 amide bonds. The van der Waals surface area contributed by atoms with Gasteiger partial charge < -0.3 is 25.0 Å². The number of ether oxygens (including phenoxy) is 2. The van der Waals surface area contributed by atoms with Crippen LogP contribution >= 0.6 is 0 Å². The highest BCUT2D eigenvalue weighted by atomic mass is 16.5. The molecule has 2 N–H and O–H groups in total. The number of nitrogens with zero attached hydrogens (tertiary/aromatic N) is 4. The number of morpholine rings is 1. The van der Waals surface area contributed by atoms with E-state index in [4.69, 9.17) is 15.2 Å². The van der Waals surface area contributed by atoms with Crippen molar-refractivity contribution in [3.63, 3.8) is 0 Å². The average molecular weight is 448 g/mol. The van der Waals surface area contributed by atoms with Crippen molar-refractivity contribution in [3.8, 4) is 5.75 Å². The molecule has 0 saturated carbocycles. The maximum absolute atomic E-state index is 13.1. The van der Waals surface area contributed by atoms with Gasteiger partial charge in [0.2, 0.25) is 17.7 Å². The lowest BCUT2D eigenvalue weighted by Crippen LogP contribution is -2.54. The molecule has 2 heterocycles. The zero-order valence-corrected chi connectivity index (χ0v) is 18.7. The van der Waals surface area contributed by atoms with E-state index in [9.17, 15) is 14.4 Å². The molecule has 0 atom stereocenters. The molecule has 2 saturated heterocycles. The summed E-state index contributed by atoms with van der Waals surface area (Å²) >= 11 is 0. The first-order valence-corrected chi connectivity index (χ1v) is 11.0. The zero-order valence-electron chi connectivity index (χ0n) is 18.7. The largest absolute Gasteiger partial charge is 0.495 e. The Hall–Kier alpha value is -2.69. The van der Waals surface area contributed by atoms with E-state index in [-0.39, 0.29) is 31.3 Å². The van der Waals surface area contributed by atoms with Crippen molar-refractivity contribution < 1.29 is 23.9 Å². The van der Waals surface area contributed by atoms with E-state index < -0.39 is 5.91 Å². The van der Waals surface area contributed by atoms with Gasteiger partial charge in [-0.15, -0.1) is 0 Å². The Morgan fingerprint density at radius 1 is 1.00 bits per heavy atom. The fourth-order valence-corrected chi connectivity index (χ4v) is 3.94. The van der Waals surface area contributed by atoms with E-state index in [1.165, 1.54) is 0 Å². The van der Waals surface area contributed by atoms with Crippen LogP contribution in [0.2, 0.25) is 0 Å². The third-order valence-electron chi connectivity index (χ3n) is 5.81. The lowest BCUT2D eigenvalue weighted by molar-refractivity contribution is -0.135. The van der Waals surface area contributed by atoms with Gasteiger partial charge in [-0.25, -0.2) is 0 Å². The minimum atomic E-state index is -0.468. The van der Waals surface area contributed by atoms with Gasteiger partial charge in [0.15, 0.2) is 0 Å². The highest BCUT2D eigenvalue weighted by Crippen LogP contribution is 2.28. The number of amides is 3. The molecule has 0 spiro atoms. The minimum Gasteiger partial charge on any atom is -0.495 e. The highest BCUT2D eigenvalue weighted by molar-refractivity contribution is 5.96. The van der Waals surface area contributed by atoms with Crippen molar-refractivity contribution in [1.29, 1.82) is 0 Å². The van der Waals surface area contributed by atoms with Crippen molar-refractivity contribution in [2.75, 3.05) is 84.1 Å². The first kappa shape index (κ1) is 24.0. The molecule has 32 heavy (non-hydrogen) atoms. The topological polar surface area (TPSA) is 109 Å². The number of carbonyl (C=O) groups is 3. The third kappa shape index (κ3) is 6.65. The molecular weight excluding hydrogens is 414 g/mol. The molecule has 0 aliphatic carbocycles.